The van der Waals surface area contributed by atoms with Crippen molar-refractivity contribution in [2.45, 2.75) is 26.7 Å². The third kappa shape index (κ3) is 5.65. The van der Waals surface area contributed by atoms with Gasteiger partial charge in [0, 0.05) is 53.9 Å². The summed E-state index contributed by atoms with van der Waals surface area (Å²) in [5.41, 5.74) is 14.9. The molecule has 16 rings (SSSR count). The number of benzene rings is 12. The van der Waals surface area contributed by atoms with Gasteiger partial charge in [0.15, 0.2) is 22.3 Å². The summed E-state index contributed by atoms with van der Waals surface area (Å²) in [5, 5.41) is 15.5. The fourth-order valence-electron chi connectivity index (χ4n) is 12.4. The molecule has 74 heavy (non-hydrogen) atoms. The van der Waals surface area contributed by atoms with Crippen molar-refractivity contribution in [1.82, 2.24) is 0 Å². The lowest BCUT2D eigenvalue weighted by molar-refractivity contribution is 0.662. The van der Waals surface area contributed by atoms with Gasteiger partial charge < -0.3 is 27.5 Å². The molecule has 0 aliphatic carbocycles. The third-order valence-corrected chi connectivity index (χ3v) is 15.8. The van der Waals surface area contributed by atoms with E-state index in [4.69, 9.17) is 17.7 Å². The Kier molecular flexibility index (Phi) is 8.61. The molecular formula is C68H44N2O4. The van der Waals surface area contributed by atoms with Crippen molar-refractivity contribution in [2.75, 3.05) is 9.80 Å². The first-order valence-corrected chi connectivity index (χ1v) is 25.6. The van der Waals surface area contributed by atoms with Crippen LogP contribution in [0.5, 0.6) is 0 Å². The number of nitrogens with zero attached hydrogens (tertiary/aromatic N) is 2. The molecule has 0 aliphatic heterocycles. The maximum Gasteiger partial charge on any atom is 0.159 e. The van der Waals surface area contributed by atoms with E-state index >= 15 is 0 Å². The predicted molar refractivity (Wildman–Crippen MR) is 307 cm³/mol. The summed E-state index contributed by atoms with van der Waals surface area (Å²) in [6.07, 6.45) is 1.73. The van der Waals surface area contributed by atoms with Crippen molar-refractivity contribution in [1.29, 1.82) is 0 Å². The molecule has 0 atom stereocenters. The Labute approximate surface area is 423 Å². The molecule has 6 nitrogen and oxygen atoms in total. The van der Waals surface area contributed by atoms with Crippen LogP contribution in [-0.4, -0.2) is 0 Å². The minimum absolute atomic E-state index is 0.810. The molecule has 0 fully saturated rings. The smallest absolute Gasteiger partial charge is 0.159 e. The van der Waals surface area contributed by atoms with Crippen LogP contribution in [0.3, 0.4) is 0 Å². The first-order valence-electron chi connectivity index (χ1n) is 25.6. The summed E-state index contributed by atoms with van der Waals surface area (Å²) >= 11 is 0. The molecule has 4 aromatic heterocycles. The Bertz CT molecular complexity index is 4660. The Hall–Kier alpha value is -9.52. The molecule has 12 aromatic carbocycles. The normalized spacial score (nSPS) is 12.3. The number of fused-ring (bicyclic) bond motifs is 12. The predicted octanol–water partition coefficient (Wildman–Crippen LogP) is 20.2. The van der Waals surface area contributed by atoms with Gasteiger partial charge in [-0.1, -0.05) is 172 Å². The van der Waals surface area contributed by atoms with Crippen LogP contribution in [0.4, 0.5) is 34.1 Å². The molecule has 0 aliphatic rings. The second kappa shape index (κ2) is 15.5. The monoisotopic (exact) mass is 952 g/mol. The summed E-state index contributed by atoms with van der Waals surface area (Å²) in [4.78, 5) is 4.74. The van der Waals surface area contributed by atoms with E-state index < -0.39 is 0 Å². The van der Waals surface area contributed by atoms with E-state index in [1.54, 1.807) is 0 Å². The van der Waals surface area contributed by atoms with E-state index in [-0.39, 0.29) is 0 Å². The van der Waals surface area contributed by atoms with E-state index in [0.717, 1.165) is 156 Å². The van der Waals surface area contributed by atoms with Crippen LogP contribution in [0.1, 0.15) is 25.0 Å². The van der Waals surface area contributed by atoms with Crippen molar-refractivity contribution >= 4 is 154 Å². The molecule has 0 radical (unpaired) electrons. The molecule has 0 unspecified atom stereocenters. The fraction of sp³-hybridized carbons (Fsp3) is 0.0588. The van der Waals surface area contributed by atoms with Crippen LogP contribution in [0.15, 0.2) is 224 Å². The maximum absolute atomic E-state index is 7.07. The molecule has 4 heterocycles. The highest BCUT2D eigenvalue weighted by molar-refractivity contribution is 6.29. The van der Waals surface area contributed by atoms with Crippen molar-refractivity contribution in [3.05, 3.63) is 217 Å². The highest BCUT2D eigenvalue weighted by atomic mass is 16.3. The molecule has 6 heteroatoms. The fourth-order valence-corrected chi connectivity index (χ4v) is 12.4. The number of para-hydroxylation sites is 8. The van der Waals surface area contributed by atoms with Gasteiger partial charge in [-0.3, -0.25) is 0 Å². The van der Waals surface area contributed by atoms with Crippen LogP contribution in [0.2, 0.25) is 0 Å². The molecule has 16 aromatic rings. The lowest BCUT2D eigenvalue weighted by atomic mass is 9.91. The summed E-state index contributed by atoms with van der Waals surface area (Å²) in [7, 11) is 0. The van der Waals surface area contributed by atoms with Gasteiger partial charge >= 0.3 is 0 Å². The molecule has 0 bridgehead atoms. The summed E-state index contributed by atoms with van der Waals surface area (Å²) in [6.45, 7) is 4.38. The van der Waals surface area contributed by atoms with E-state index in [9.17, 15) is 0 Å². The van der Waals surface area contributed by atoms with E-state index in [0.29, 0.717) is 0 Å². The van der Waals surface area contributed by atoms with Gasteiger partial charge in [-0.05, 0) is 94.0 Å². The molecule has 0 N–H and O–H groups in total. The van der Waals surface area contributed by atoms with Crippen LogP contribution >= 0.6 is 0 Å². The third-order valence-electron chi connectivity index (χ3n) is 15.8. The molecule has 0 spiro atoms. The van der Waals surface area contributed by atoms with Crippen molar-refractivity contribution in [3.8, 4) is 0 Å². The zero-order chi connectivity index (χ0) is 48.8. The van der Waals surface area contributed by atoms with Gasteiger partial charge in [0.2, 0.25) is 0 Å². The second-order valence-corrected chi connectivity index (χ2v) is 19.6. The Morgan fingerprint density at radius 2 is 0.581 bits per heavy atom. The van der Waals surface area contributed by atoms with E-state index in [2.05, 4.69) is 218 Å². The Balaban J connectivity index is 0.996. The van der Waals surface area contributed by atoms with Crippen molar-refractivity contribution in [2.24, 2.45) is 0 Å². The Morgan fingerprint density at radius 3 is 0.986 bits per heavy atom. The van der Waals surface area contributed by atoms with E-state index in [1.807, 2.05) is 12.1 Å². The second-order valence-electron chi connectivity index (χ2n) is 19.6. The number of rotatable bonds is 8. The van der Waals surface area contributed by atoms with Crippen LogP contribution < -0.4 is 9.80 Å². The number of aryl methyl sites for hydroxylation is 2. The average molecular weight is 953 g/mol. The number of hydrogen-bond acceptors (Lipinski definition) is 6. The van der Waals surface area contributed by atoms with E-state index in [1.165, 1.54) is 21.9 Å². The molecular weight excluding hydrogens is 909 g/mol. The first-order chi connectivity index (χ1) is 36.6. The lowest BCUT2D eigenvalue weighted by Gasteiger charge is -2.29. The van der Waals surface area contributed by atoms with Gasteiger partial charge in [-0.25, -0.2) is 0 Å². The van der Waals surface area contributed by atoms with Gasteiger partial charge in [0.1, 0.15) is 22.3 Å². The molecule has 0 saturated carbocycles. The molecule has 0 amide bonds. The SMILES string of the molecule is CCc1cccc2c1oc1c(N(c3ccc4ccc5c(N(c6cccc7c6oc6ccccc67)c6cccc7c6oc6c(CC)cccc67)ccc6ccc3c4c65)c3cccc4c3oc3ccccc34)cccc12. The quantitative estimate of drug-likeness (QED) is 0.141. The summed E-state index contributed by atoms with van der Waals surface area (Å²) in [6, 6.07) is 73.9. The minimum Gasteiger partial charge on any atom is -0.454 e. The van der Waals surface area contributed by atoms with Crippen LogP contribution in [-0.2, 0) is 12.8 Å². The highest BCUT2D eigenvalue weighted by Gasteiger charge is 2.29. The van der Waals surface area contributed by atoms with Crippen LogP contribution in [0.25, 0.3) is 120 Å². The number of anilines is 6. The van der Waals surface area contributed by atoms with Crippen LogP contribution in [0, 0.1) is 0 Å². The topological polar surface area (TPSA) is 59.0 Å². The largest absolute Gasteiger partial charge is 0.454 e. The highest BCUT2D eigenvalue weighted by Crippen LogP contribution is 2.53. The zero-order valence-corrected chi connectivity index (χ0v) is 40.6. The number of furan rings is 4. The number of hydrogen-bond donors (Lipinski definition) is 0. The molecule has 350 valence electrons. The Morgan fingerprint density at radius 1 is 0.257 bits per heavy atom. The summed E-state index contributed by atoms with van der Waals surface area (Å²) < 4.78 is 27.9. The van der Waals surface area contributed by atoms with Gasteiger partial charge in [-0.2, -0.15) is 0 Å². The standard InChI is InChI=1S/C68H44N2O4/c1-3-39-15-9-19-47-49-23-13-27-57(67(49)73-63(39)47)69(55-25-11-21-45-43-17-5-7-29-59(43)71-65(45)55)53-37-33-41-32-36-52-54(38-34-42-31-35-51(53)61(41)62(42)52)70(56-26-12-22-46-44-18-6-8-30-60(44)72-66(46)56)58-28-14-24-50-48-20-10-16-40(4-2)64(48)74-68(50)58/h5-38H,3-4H2,1-2H3. The zero-order valence-electron chi connectivity index (χ0n) is 40.6. The van der Waals surface area contributed by atoms with Crippen molar-refractivity contribution in [3.63, 3.8) is 0 Å². The van der Waals surface area contributed by atoms with Gasteiger partial charge in [0.25, 0.3) is 0 Å². The first kappa shape index (κ1) is 41.1. The summed E-state index contributed by atoms with van der Waals surface area (Å²) in [5.74, 6) is 0. The van der Waals surface area contributed by atoms with Crippen molar-refractivity contribution < 1.29 is 17.7 Å². The van der Waals surface area contributed by atoms with Gasteiger partial charge in [-0.15, -0.1) is 0 Å². The average Bonchev–Trinajstić information content (AvgIpc) is 4.28. The van der Waals surface area contributed by atoms with Gasteiger partial charge in [0.05, 0.1) is 34.1 Å². The maximum atomic E-state index is 7.07. The minimum atomic E-state index is 0.810. The lowest BCUT2D eigenvalue weighted by Crippen LogP contribution is -2.12. The molecule has 0 saturated heterocycles.